The van der Waals surface area contributed by atoms with E-state index in [1.165, 1.54) is 24.9 Å². The third kappa shape index (κ3) is 9.36. The molecule has 0 saturated carbocycles. The van der Waals surface area contributed by atoms with Crippen LogP contribution in [0.15, 0.2) is 30.3 Å². The molecule has 1 aromatic carbocycles. The molecule has 23 heavy (non-hydrogen) atoms. The predicted octanol–water partition coefficient (Wildman–Crippen LogP) is 3.12. The van der Waals surface area contributed by atoms with Gasteiger partial charge in [-0.2, -0.15) is 0 Å². The quantitative estimate of drug-likeness (QED) is 0.837. The molecular formula is C19H32N2O2. The zero-order chi connectivity index (χ0) is 17.1. The largest absolute Gasteiger partial charge is 0.462 e. The summed E-state index contributed by atoms with van der Waals surface area (Å²) in [5.74, 6) is 0.777. The van der Waals surface area contributed by atoms with Crippen molar-refractivity contribution < 1.29 is 9.53 Å². The molecule has 0 bridgehead atoms. The van der Waals surface area contributed by atoms with Gasteiger partial charge in [-0.1, -0.05) is 37.3 Å². The van der Waals surface area contributed by atoms with Gasteiger partial charge in [-0.15, -0.1) is 0 Å². The third-order valence-corrected chi connectivity index (χ3v) is 3.91. The van der Waals surface area contributed by atoms with Crippen LogP contribution >= 0.6 is 0 Å². The van der Waals surface area contributed by atoms with Gasteiger partial charge >= 0.3 is 0 Å². The second kappa shape index (κ2) is 10.4. The van der Waals surface area contributed by atoms with E-state index in [-0.39, 0.29) is 5.60 Å². The first kappa shape index (κ1) is 19.7. The van der Waals surface area contributed by atoms with Crippen LogP contribution in [-0.2, 0) is 16.1 Å². The number of hydrogen-bond donors (Lipinski definition) is 2. The van der Waals surface area contributed by atoms with Gasteiger partial charge in [0.1, 0.15) is 5.60 Å². The van der Waals surface area contributed by atoms with Gasteiger partial charge in [-0.3, -0.25) is 4.79 Å². The highest BCUT2D eigenvalue weighted by Crippen LogP contribution is 2.14. The maximum atomic E-state index is 9.60. The number of carbonyl (C=O) groups is 1. The molecule has 1 heterocycles. The van der Waals surface area contributed by atoms with E-state index < -0.39 is 0 Å². The van der Waals surface area contributed by atoms with Crippen molar-refractivity contribution in [1.82, 2.24) is 10.6 Å². The Balaban J connectivity index is 0.000000322. The van der Waals surface area contributed by atoms with Crippen molar-refractivity contribution in [3.05, 3.63) is 35.9 Å². The smallest absolute Gasteiger partial charge is 0.293 e. The summed E-state index contributed by atoms with van der Waals surface area (Å²) in [6, 6.07) is 11.3. The van der Waals surface area contributed by atoms with E-state index in [2.05, 4.69) is 52.6 Å². The van der Waals surface area contributed by atoms with Gasteiger partial charge in [-0.05, 0) is 58.2 Å². The molecule has 4 nitrogen and oxygen atoms in total. The van der Waals surface area contributed by atoms with Crippen molar-refractivity contribution in [2.75, 3.05) is 13.1 Å². The SMILES string of the molecule is CC(C)(C)OC=O.CC1CCNCCC1NCc1ccccc1. The van der Waals surface area contributed by atoms with Gasteiger partial charge in [0.05, 0.1) is 0 Å². The fourth-order valence-electron chi connectivity index (χ4n) is 2.49. The van der Waals surface area contributed by atoms with E-state index in [9.17, 15) is 4.79 Å². The number of benzene rings is 1. The Morgan fingerprint density at radius 2 is 1.87 bits per heavy atom. The Hall–Kier alpha value is -1.39. The highest BCUT2D eigenvalue weighted by molar-refractivity contribution is 5.37. The Labute approximate surface area is 141 Å². The maximum absolute atomic E-state index is 9.60. The molecule has 1 aliphatic heterocycles. The van der Waals surface area contributed by atoms with Crippen LogP contribution in [0.25, 0.3) is 0 Å². The van der Waals surface area contributed by atoms with Crippen molar-refractivity contribution in [3.63, 3.8) is 0 Å². The molecule has 1 saturated heterocycles. The minimum atomic E-state index is -0.318. The summed E-state index contributed by atoms with van der Waals surface area (Å²) < 4.78 is 4.55. The van der Waals surface area contributed by atoms with Crippen molar-refractivity contribution in [1.29, 1.82) is 0 Å². The van der Waals surface area contributed by atoms with Crippen LogP contribution in [0.3, 0.4) is 0 Å². The summed E-state index contributed by atoms with van der Waals surface area (Å²) in [7, 11) is 0. The Morgan fingerprint density at radius 3 is 2.43 bits per heavy atom. The van der Waals surface area contributed by atoms with Gasteiger partial charge < -0.3 is 15.4 Å². The summed E-state index contributed by atoms with van der Waals surface area (Å²) in [6.45, 7) is 11.6. The number of ether oxygens (including phenoxy) is 1. The second-order valence-electron chi connectivity index (χ2n) is 7.10. The lowest BCUT2D eigenvalue weighted by Crippen LogP contribution is -2.34. The van der Waals surface area contributed by atoms with Gasteiger partial charge in [0.25, 0.3) is 6.47 Å². The first-order chi connectivity index (χ1) is 10.9. The number of rotatable bonds is 4. The lowest BCUT2D eigenvalue weighted by Gasteiger charge is -2.22. The Kier molecular flexibility index (Phi) is 8.89. The van der Waals surface area contributed by atoms with Gasteiger partial charge in [0.2, 0.25) is 0 Å². The highest BCUT2D eigenvalue weighted by atomic mass is 16.5. The summed E-state index contributed by atoms with van der Waals surface area (Å²) in [5, 5.41) is 7.15. The Bertz CT molecular complexity index is 429. The molecule has 130 valence electrons. The van der Waals surface area contributed by atoms with E-state index in [0.717, 1.165) is 19.0 Å². The molecule has 0 radical (unpaired) electrons. The van der Waals surface area contributed by atoms with E-state index in [0.29, 0.717) is 12.5 Å². The first-order valence-corrected chi connectivity index (χ1v) is 8.52. The summed E-state index contributed by atoms with van der Waals surface area (Å²) >= 11 is 0. The summed E-state index contributed by atoms with van der Waals surface area (Å²) in [4.78, 5) is 9.60. The number of hydrogen-bond acceptors (Lipinski definition) is 4. The lowest BCUT2D eigenvalue weighted by atomic mass is 9.97. The molecule has 2 unspecified atom stereocenters. The van der Waals surface area contributed by atoms with Gasteiger partial charge in [-0.25, -0.2) is 0 Å². The van der Waals surface area contributed by atoms with E-state index >= 15 is 0 Å². The standard InChI is InChI=1S/C14H22N2.C5H10O2/c1-12-7-9-15-10-8-14(12)16-11-13-5-3-2-4-6-13;1-5(2,3)7-4-6/h2-6,12,14-16H,7-11H2,1H3;4H,1-3H3. The lowest BCUT2D eigenvalue weighted by molar-refractivity contribution is -0.138. The summed E-state index contributed by atoms with van der Waals surface area (Å²) in [6.07, 6.45) is 2.53. The molecule has 2 atom stereocenters. The van der Waals surface area contributed by atoms with E-state index in [1.807, 2.05) is 20.8 Å². The molecule has 0 amide bonds. The molecule has 2 N–H and O–H groups in total. The van der Waals surface area contributed by atoms with Gasteiger partial charge in [0.15, 0.2) is 0 Å². The number of nitrogens with one attached hydrogen (secondary N) is 2. The van der Waals surface area contributed by atoms with Crippen molar-refractivity contribution in [2.24, 2.45) is 5.92 Å². The van der Waals surface area contributed by atoms with Crippen LogP contribution < -0.4 is 10.6 Å². The fraction of sp³-hybridized carbons (Fsp3) is 0.632. The van der Waals surface area contributed by atoms with Crippen molar-refractivity contribution >= 4 is 6.47 Å². The molecule has 4 heteroatoms. The van der Waals surface area contributed by atoms with E-state index in [1.54, 1.807) is 0 Å². The predicted molar refractivity (Wildman–Crippen MR) is 95.2 cm³/mol. The minimum absolute atomic E-state index is 0.318. The summed E-state index contributed by atoms with van der Waals surface area (Å²) in [5.41, 5.74) is 1.06. The van der Waals surface area contributed by atoms with Crippen LogP contribution in [0.2, 0.25) is 0 Å². The third-order valence-electron chi connectivity index (χ3n) is 3.91. The Morgan fingerprint density at radius 1 is 1.22 bits per heavy atom. The maximum Gasteiger partial charge on any atom is 0.293 e. The molecule has 0 spiro atoms. The molecule has 1 aliphatic rings. The highest BCUT2D eigenvalue weighted by Gasteiger charge is 2.18. The molecule has 0 aromatic heterocycles. The van der Waals surface area contributed by atoms with Crippen LogP contribution in [-0.4, -0.2) is 31.2 Å². The zero-order valence-electron chi connectivity index (χ0n) is 15.0. The van der Waals surface area contributed by atoms with Crippen LogP contribution in [0, 0.1) is 5.92 Å². The normalized spacial score (nSPS) is 21.6. The molecular weight excluding hydrogens is 288 g/mol. The average Bonchev–Trinajstić information content (AvgIpc) is 2.70. The fourth-order valence-corrected chi connectivity index (χ4v) is 2.49. The first-order valence-electron chi connectivity index (χ1n) is 8.52. The minimum Gasteiger partial charge on any atom is -0.462 e. The van der Waals surface area contributed by atoms with E-state index in [4.69, 9.17) is 0 Å². The molecule has 1 aromatic rings. The molecule has 2 rings (SSSR count). The zero-order valence-corrected chi connectivity index (χ0v) is 15.0. The molecule has 1 fully saturated rings. The molecule has 0 aliphatic carbocycles. The van der Waals surface area contributed by atoms with Crippen LogP contribution in [0.4, 0.5) is 0 Å². The second-order valence-corrected chi connectivity index (χ2v) is 7.10. The topological polar surface area (TPSA) is 50.4 Å². The van der Waals surface area contributed by atoms with Crippen molar-refractivity contribution in [2.45, 2.75) is 58.7 Å². The monoisotopic (exact) mass is 320 g/mol. The van der Waals surface area contributed by atoms with Crippen LogP contribution in [0.5, 0.6) is 0 Å². The van der Waals surface area contributed by atoms with Crippen molar-refractivity contribution in [3.8, 4) is 0 Å². The average molecular weight is 320 g/mol. The number of carbonyl (C=O) groups excluding carboxylic acids is 1. The van der Waals surface area contributed by atoms with Crippen LogP contribution in [0.1, 0.15) is 46.1 Å². The van der Waals surface area contributed by atoms with Gasteiger partial charge in [0, 0.05) is 12.6 Å².